The van der Waals surface area contributed by atoms with Crippen molar-refractivity contribution < 1.29 is 4.79 Å². The van der Waals surface area contributed by atoms with Crippen molar-refractivity contribution in [3.8, 4) is 32.7 Å². The van der Waals surface area contributed by atoms with Gasteiger partial charge < -0.3 is 4.90 Å². The number of benzene rings is 5. The molecule has 1 heterocycles. The highest BCUT2D eigenvalue weighted by Gasteiger charge is 2.17. The van der Waals surface area contributed by atoms with Gasteiger partial charge in [-0.25, -0.2) is 0 Å². The summed E-state index contributed by atoms with van der Waals surface area (Å²) in [6, 6.07) is 48.0. The second-order valence-electron chi connectivity index (χ2n) is 14.0. The van der Waals surface area contributed by atoms with Gasteiger partial charge in [0.15, 0.2) is 6.29 Å². The van der Waals surface area contributed by atoms with Crippen LogP contribution in [0.1, 0.15) is 62.3 Å². The minimum atomic E-state index is 0.129. The van der Waals surface area contributed by atoms with Gasteiger partial charge in [-0.3, -0.25) is 4.79 Å². The summed E-state index contributed by atoms with van der Waals surface area (Å²) in [4.78, 5) is 15.4. The summed E-state index contributed by atoms with van der Waals surface area (Å²) in [6.07, 6.45) is 0.912. The van der Waals surface area contributed by atoms with E-state index in [9.17, 15) is 4.79 Å². The largest absolute Gasteiger partial charge is 0.311 e. The Balaban J connectivity index is 1.34. The molecule has 0 aliphatic heterocycles. The van der Waals surface area contributed by atoms with Crippen molar-refractivity contribution in [2.75, 3.05) is 4.90 Å². The van der Waals surface area contributed by atoms with Gasteiger partial charge >= 0.3 is 0 Å². The Bertz CT molecular complexity index is 1820. The second-order valence-corrected chi connectivity index (χ2v) is 15.1. The maximum atomic E-state index is 11.2. The molecule has 0 unspecified atom stereocenters. The van der Waals surface area contributed by atoms with E-state index in [1.165, 1.54) is 44.7 Å². The van der Waals surface area contributed by atoms with Crippen molar-refractivity contribution in [2.24, 2.45) is 0 Å². The lowest BCUT2D eigenvalue weighted by atomic mass is 9.86. The fourth-order valence-electron chi connectivity index (χ4n) is 5.72. The van der Waals surface area contributed by atoms with E-state index in [1.54, 1.807) is 0 Å². The van der Waals surface area contributed by atoms with Gasteiger partial charge in [0.25, 0.3) is 0 Å². The molecule has 1 aromatic heterocycles. The molecule has 0 aliphatic carbocycles. The number of aldehydes is 1. The van der Waals surface area contributed by atoms with Crippen LogP contribution in [-0.2, 0) is 10.8 Å². The average Bonchev–Trinajstić information content (AvgIpc) is 3.55. The van der Waals surface area contributed by atoms with Gasteiger partial charge in [0.1, 0.15) is 0 Å². The molecule has 0 saturated carbocycles. The summed E-state index contributed by atoms with van der Waals surface area (Å²) in [7, 11) is 0. The second kappa shape index (κ2) is 12.6. The van der Waals surface area contributed by atoms with Crippen LogP contribution in [0, 0.1) is 0 Å². The Morgan fingerprint density at radius 3 is 1.07 bits per heavy atom. The zero-order valence-corrected chi connectivity index (χ0v) is 28.4. The average molecular weight is 620 g/mol. The van der Waals surface area contributed by atoms with Gasteiger partial charge in [0.2, 0.25) is 0 Å². The lowest BCUT2D eigenvalue weighted by Gasteiger charge is -2.26. The Morgan fingerprint density at radius 2 is 0.761 bits per heavy atom. The molecule has 5 aromatic carbocycles. The van der Waals surface area contributed by atoms with E-state index in [2.05, 4.69) is 168 Å². The zero-order valence-electron chi connectivity index (χ0n) is 27.5. The van der Waals surface area contributed by atoms with E-state index < -0.39 is 0 Å². The van der Waals surface area contributed by atoms with Crippen LogP contribution in [0.5, 0.6) is 0 Å². The van der Waals surface area contributed by atoms with Crippen molar-refractivity contribution in [1.82, 2.24) is 0 Å². The number of carbonyl (C=O) groups is 1. The molecular weight excluding hydrogens is 579 g/mol. The number of carbonyl (C=O) groups excluding carboxylic acids is 1. The van der Waals surface area contributed by atoms with E-state index in [-0.39, 0.29) is 10.8 Å². The van der Waals surface area contributed by atoms with E-state index in [0.717, 1.165) is 38.7 Å². The standard InChI is InChI=1S/C43H41NOS/c1-42(2,3)35-17-7-30(8-18-35)32-11-21-37(22-12-32)44(39-25-15-34(16-26-39)41-28-27-40(29-45)46-41)38-23-13-33(14-24-38)31-9-19-36(20-10-31)43(4,5)6/h7-29H,1-6H3. The van der Waals surface area contributed by atoms with Crippen LogP contribution >= 0.6 is 11.3 Å². The Labute approximate surface area is 278 Å². The molecular formula is C43H41NOS. The van der Waals surface area contributed by atoms with Crippen LogP contribution in [-0.4, -0.2) is 6.29 Å². The molecule has 0 fully saturated rings. The summed E-state index contributed by atoms with van der Waals surface area (Å²) >= 11 is 1.51. The zero-order chi connectivity index (χ0) is 32.5. The summed E-state index contributed by atoms with van der Waals surface area (Å²) in [5, 5.41) is 0. The quantitative estimate of drug-likeness (QED) is 0.166. The van der Waals surface area contributed by atoms with Crippen LogP contribution < -0.4 is 4.90 Å². The Morgan fingerprint density at radius 1 is 0.435 bits per heavy atom. The van der Waals surface area contributed by atoms with Crippen molar-refractivity contribution >= 4 is 34.7 Å². The third kappa shape index (κ3) is 6.76. The van der Waals surface area contributed by atoms with Crippen LogP contribution in [0.3, 0.4) is 0 Å². The number of hydrogen-bond donors (Lipinski definition) is 0. The third-order valence-corrected chi connectivity index (χ3v) is 9.63. The first-order chi connectivity index (χ1) is 22.0. The molecule has 0 N–H and O–H groups in total. The van der Waals surface area contributed by atoms with Gasteiger partial charge in [-0.05, 0) is 98.3 Å². The number of anilines is 3. The van der Waals surface area contributed by atoms with E-state index in [0.29, 0.717) is 0 Å². The summed E-state index contributed by atoms with van der Waals surface area (Å²) in [5.74, 6) is 0. The van der Waals surface area contributed by atoms with Gasteiger partial charge in [0, 0.05) is 21.9 Å². The number of rotatable bonds is 7. The summed E-state index contributed by atoms with van der Waals surface area (Å²) < 4.78 is 0. The van der Waals surface area contributed by atoms with E-state index in [4.69, 9.17) is 0 Å². The van der Waals surface area contributed by atoms with Gasteiger partial charge in [0.05, 0.1) is 4.88 Å². The minimum absolute atomic E-state index is 0.129. The third-order valence-electron chi connectivity index (χ3n) is 8.57. The lowest BCUT2D eigenvalue weighted by Crippen LogP contribution is -2.10. The number of nitrogens with zero attached hydrogens (tertiary/aromatic N) is 1. The SMILES string of the molecule is CC(C)(C)c1ccc(-c2ccc(N(c3ccc(-c4ccc(C(C)(C)C)cc4)cc3)c3ccc(-c4ccc(C=O)s4)cc3)cc2)cc1. The molecule has 6 aromatic rings. The highest BCUT2D eigenvalue weighted by atomic mass is 32.1. The first kappa shape index (κ1) is 31.3. The van der Waals surface area contributed by atoms with Crippen LogP contribution in [0.2, 0.25) is 0 Å². The van der Waals surface area contributed by atoms with Crippen LogP contribution in [0.25, 0.3) is 32.7 Å². The maximum Gasteiger partial charge on any atom is 0.160 e. The smallest absolute Gasteiger partial charge is 0.160 e. The molecule has 230 valence electrons. The normalized spacial score (nSPS) is 11.8. The highest BCUT2D eigenvalue weighted by Crippen LogP contribution is 2.38. The summed E-state index contributed by atoms with van der Waals surface area (Å²) in [6.45, 7) is 13.5. The predicted molar refractivity (Wildman–Crippen MR) is 198 cm³/mol. The van der Waals surface area contributed by atoms with Crippen molar-refractivity contribution in [3.05, 3.63) is 149 Å². The molecule has 0 aliphatic rings. The van der Waals surface area contributed by atoms with E-state index >= 15 is 0 Å². The molecule has 46 heavy (non-hydrogen) atoms. The fourth-order valence-corrected chi connectivity index (χ4v) is 6.55. The van der Waals surface area contributed by atoms with Crippen molar-refractivity contribution in [1.29, 1.82) is 0 Å². The molecule has 0 spiro atoms. The first-order valence-corrected chi connectivity index (χ1v) is 16.7. The van der Waals surface area contributed by atoms with Gasteiger partial charge in [-0.2, -0.15) is 0 Å². The van der Waals surface area contributed by atoms with Crippen molar-refractivity contribution in [2.45, 2.75) is 52.4 Å². The topological polar surface area (TPSA) is 20.3 Å². The first-order valence-electron chi connectivity index (χ1n) is 15.9. The Hall–Kier alpha value is -4.73. The molecule has 6 rings (SSSR count). The highest BCUT2D eigenvalue weighted by molar-refractivity contribution is 7.17. The molecule has 2 nitrogen and oxygen atoms in total. The van der Waals surface area contributed by atoms with Gasteiger partial charge in [-0.1, -0.05) is 126 Å². The van der Waals surface area contributed by atoms with Crippen molar-refractivity contribution in [3.63, 3.8) is 0 Å². The lowest BCUT2D eigenvalue weighted by molar-refractivity contribution is 0.112. The fraction of sp³-hybridized carbons (Fsp3) is 0.186. The Kier molecular flexibility index (Phi) is 8.55. The summed E-state index contributed by atoms with van der Waals surface area (Å²) in [5.41, 5.74) is 12.1. The predicted octanol–water partition coefficient (Wildman–Crippen LogP) is 12.6. The molecule has 3 heteroatoms. The monoisotopic (exact) mass is 619 g/mol. The molecule has 0 radical (unpaired) electrons. The van der Waals surface area contributed by atoms with Gasteiger partial charge in [-0.15, -0.1) is 11.3 Å². The minimum Gasteiger partial charge on any atom is -0.311 e. The number of hydrogen-bond acceptors (Lipinski definition) is 3. The van der Waals surface area contributed by atoms with E-state index in [1.807, 2.05) is 12.1 Å². The molecule has 0 bridgehead atoms. The van der Waals surface area contributed by atoms with Crippen LogP contribution in [0.15, 0.2) is 133 Å². The molecule has 0 atom stereocenters. The molecule has 0 saturated heterocycles. The molecule has 0 amide bonds. The number of thiophene rings is 1. The van der Waals surface area contributed by atoms with Crippen LogP contribution in [0.4, 0.5) is 17.1 Å². The maximum absolute atomic E-state index is 11.2.